The fourth-order valence-electron chi connectivity index (χ4n) is 2.84. The zero-order valence-corrected chi connectivity index (χ0v) is 11.6. The normalized spacial score (nSPS) is 21.9. The second-order valence-corrected chi connectivity index (χ2v) is 5.24. The maximum atomic E-state index is 5.23. The molecular formula is C15H24N2O. The standard InChI is InChI=1S/C15H24N2O/c1-17(2)15(14-6-4-5-11-16-14)12-7-9-13(18-3)10-8-12/h7-10,14-16H,4-6,11H2,1-3H3. The third-order valence-corrected chi connectivity index (χ3v) is 3.74. The second kappa shape index (κ2) is 6.21. The number of rotatable bonds is 4. The van der Waals surface area contributed by atoms with Crippen LogP contribution >= 0.6 is 0 Å². The Kier molecular flexibility index (Phi) is 4.61. The molecule has 2 rings (SSSR count). The molecule has 18 heavy (non-hydrogen) atoms. The fraction of sp³-hybridized carbons (Fsp3) is 0.600. The third kappa shape index (κ3) is 3.03. The highest BCUT2D eigenvalue weighted by Gasteiger charge is 2.26. The first-order chi connectivity index (χ1) is 8.72. The van der Waals surface area contributed by atoms with E-state index in [1.807, 2.05) is 0 Å². The van der Waals surface area contributed by atoms with Crippen molar-refractivity contribution in [2.45, 2.75) is 31.3 Å². The topological polar surface area (TPSA) is 24.5 Å². The summed E-state index contributed by atoms with van der Waals surface area (Å²) in [6, 6.07) is 9.46. The number of benzene rings is 1. The largest absolute Gasteiger partial charge is 0.497 e. The Balaban J connectivity index is 2.17. The second-order valence-electron chi connectivity index (χ2n) is 5.24. The maximum absolute atomic E-state index is 5.23. The first kappa shape index (κ1) is 13.4. The molecule has 1 aliphatic heterocycles. The van der Waals surface area contributed by atoms with E-state index >= 15 is 0 Å². The van der Waals surface area contributed by atoms with Crippen LogP contribution in [-0.2, 0) is 0 Å². The van der Waals surface area contributed by atoms with E-state index in [1.54, 1.807) is 7.11 Å². The Morgan fingerprint density at radius 1 is 1.22 bits per heavy atom. The molecule has 1 aromatic rings. The molecule has 100 valence electrons. The number of piperidine rings is 1. The summed E-state index contributed by atoms with van der Waals surface area (Å²) in [6.45, 7) is 1.14. The molecule has 3 nitrogen and oxygen atoms in total. The molecule has 1 aliphatic rings. The smallest absolute Gasteiger partial charge is 0.118 e. The molecule has 0 bridgehead atoms. The molecule has 3 heteroatoms. The van der Waals surface area contributed by atoms with Gasteiger partial charge in [-0.3, -0.25) is 0 Å². The zero-order valence-electron chi connectivity index (χ0n) is 11.6. The van der Waals surface area contributed by atoms with Crippen molar-refractivity contribution >= 4 is 0 Å². The van der Waals surface area contributed by atoms with Gasteiger partial charge >= 0.3 is 0 Å². The molecule has 2 atom stereocenters. The Morgan fingerprint density at radius 3 is 2.44 bits per heavy atom. The SMILES string of the molecule is COc1ccc(C(C2CCCCN2)N(C)C)cc1. The maximum Gasteiger partial charge on any atom is 0.118 e. The van der Waals surface area contributed by atoms with Crippen molar-refractivity contribution in [3.05, 3.63) is 29.8 Å². The number of hydrogen-bond donors (Lipinski definition) is 1. The number of nitrogens with zero attached hydrogens (tertiary/aromatic N) is 1. The third-order valence-electron chi connectivity index (χ3n) is 3.74. The number of ether oxygens (including phenoxy) is 1. The van der Waals surface area contributed by atoms with E-state index in [4.69, 9.17) is 4.74 Å². The number of likely N-dealkylation sites (N-methyl/N-ethyl adjacent to an activating group) is 1. The summed E-state index contributed by atoms with van der Waals surface area (Å²) in [5.74, 6) is 0.924. The highest BCUT2D eigenvalue weighted by molar-refractivity contribution is 5.30. The van der Waals surface area contributed by atoms with Crippen molar-refractivity contribution in [3.63, 3.8) is 0 Å². The van der Waals surface area contributed by atoms with Crippen LogP contribution in [0, 0.1) is 0 Å². The van der Waals surface area contributed by atoms with Crippen LogP contribution in [0.25, 0.3) is 0 Å². The van der Waals surface area contributed by atoms with Crippen molar-refractivity contribution in [1.82, 2.24) is 10.2 Å². The molecule has 1 saturated heterocycles. The van der Waals surface area contributed by atoms with E-state index in [1.165, 1.54) is 24.8 Å². The first-order valence-electron chi connectivity index (χ1n) is 6.76. The van der Waals surface area contributed by atoms with Gasteiger partial charge in [0.05, 0.1) is 7.11 Å². The minimum atomic E-state index is 0.441. The Bertz CT molecular complexity index is 355. The van der Waals surface area contributed by atoms with E-state index in [9.17, 15) is 0 Å². The van der Waals surface area contributed by atoms with Gasteiger partial charge in [-0.05, 0) is 51.2 Å². The highest BCUT2D eigenvalue weighted by atomic mass is 16.5. The summed E-state index contributed by atoms with van der Waals surface area (Å²) >= 11 is 0. The quantitative estimate of drug-likeness (QED) is 0.885. The average Bonchev–Trinajstić information content (AvgIpc) is 2.40. The molecule has 1 aromatic carbocycles. The summed E-state index contributed by atoms with van der Waals surface area (Å²) in [4.78, 5) is 2.31. The number of nitrogens with one attached hydrogen (secondary N) is 1. The van der Waals surface area contributed by atoms with Crippen molar-refractivity contribution in [2.24, 2.45) is 0 Å². The van der Waals surface area contributed by atoms with Gasteiger partial charge in [0.1, 0.15) is 5.75 Å². The lowest BCUT2D eigenvalue weighted by Gasteiger charge is -2.36. The molecule has 0 radical (unpaired) electrons. The monoisotopic (exact) mass is 248 g/mol. The predicted octanol–water partition coefficient (Wildman–Crippen LogP) is 2.44. The van der Waals surface area contributed by atoms with Crippen molar-refractivity contribution in [3.8, 4) is 5.75 Å². The highest BCUT2D eigenvalue weighted by Crippen LogP contribution is 2.28. The number of hydrogen-bond acceptors (Lipinski definition) is 3. The van der Waals surface area contributed by atoms with E-state index in [0.29, 0.717) is 12.1 Å². The van der Waals surface area contributed by atoms with Gasteiger partial charge in [-0.15, -0.1) is 0 Å². The van der Waals surface area contributed by atoms with Crippen molar-refractivity contribution < 1.29 is 4.74 Å². The fourth-order valence-corrected chi connectivity index (χ4v) is 2.84. The van der Waals surface area contributed by atoms with Gasteiger partial charge in [0.25, 0.3) is 0 Å². The molecule has 1 fully saturated rings. The molecule has 0 spiro atoms. The first-order valence-corrected chi connectivity index (χ1v) is 6.76. The molecule has 0 aliphatic carbocycles. The lowest BCUT2D eigenvalue weighted by molar-refractivity contribution is 0.205. The minimum absolute atomic E-state index is 0.441. The van der Waals surface area contributed by atoms with Gasteiger partial charge in [-0.25, -0.2) is 0 Å². The Labute approximate surface area is 110 Å². The molecule has 0 amide bonds. The molecule has 1 heterocycles. The van der Waals surface area contributed by atoms with Crippen LogP contribution in [0.15, 0.2) is 24.3 Å². The average molecular weight is 248 g/mol. The molecule has 1 N–H and O–H groups in total. The van der Waals surface area contributed by atoms with Crippen LogP contribution in [0.3, 0.4) is 0 Å². The van der Waals surface area contributed by atoms with Gasteiger partial charge in [-0.2, -0.15) is 0 Å². The number of methoxy groups -OCH3 is 1. The van der Waals surface area contributed by atoms with E-state index in [0.717, 1.165) is 12.3 Å². The van der Waals surface area contributed by atoms with Gasteiger partial charge in [0, 0.05) is 12.1 Å². The van der Waals surface area contributed by atoms with Crippen molar-refractivity contribution in [2.75, 3.05) is 27.7 Å². The molecular weight excluding hydrogens is 224 g/mol. The molecule has 2 unspecified atom stereocenters. The van der Waals surface area contributed by atoms with Crippen LogP contribution in [-0.4, -0.2) is 38.7 Å². The Morgan fingerprint density at radius 2 is 1.94 bits per heavy atom. The van der Waals surface area contributed by atoms with Gasteiger partial charge in [-0.1, -0.05) is 18.6 Å². The predicted molar refractivity (Wildman–Crippen MR) is 75.1 cm³/mol. The minimum Gasteiger partial charge on any atom is -0.497 e. The van der Waals surface area contributed by atoms with Crippen LogP contribution in [0.1, 0.15) is 30.9 Å². The lowest BCUT2D eigenvalue weighted by atomic mass is 9.92. The summed E-state index contributed by atoms with van der Waals surface area (Å²) < 4.78 is 5.23. The van der Waals surface area contributed by atoms with Gasteiger partial charge in [0.15, 0.2) is 0 Å². The van der Waals surface area contributed by atoms with Crippen LogP contribution in [0.4, 0.5) is 0 Å². The van der Waals surface area contributed by atoms with Crippen molar-refractivity contribution in [1.29, 1.82) is 0 Å². The molecule has 0 aromatic heterocycles. The molecule has 0 saturated carbocycles. The van der Waals surface area contributed by atoms with E-state index in [-0.39, 0.29) is 0 Å². The Hall–Kier alpha value is -1.06. The van der Waals surface area contributed by atoms with Crippen LogP contribution in [0.2, 0.25) is 0 Å². The van der Waals surface area contributed by atoms with Crippen LogP contribution in [0.5, 0.6) is 5.75 Å². The lowest BCUT2D eigenvalue weighted by Crippen LogP contribution is -2.44. The summed E-state index contributed by atoms with van der Waals surface area (Å²) in [5.41, 5.74) is 1.36. The van der Waals surface area contributed by atoms with Gasteiger partial charge < -0.3 is 15.0 Å². The summed E-state index contributed by atoms with van der Waals surface area (Å²) in [6.07, 6.45) is 3.90. The van der Waals surface area contributed by atoms with Gasteiger partial charge in [0.2, 0.25) is 0 Å². The summed E-state index contributed by atoms with van der Waals surface area (Å²) in [5, 5.41) is 3.65. The van der Waals surface area contributed by atoms with E-state index < -0.39 is 0 Å². The summed E-state index contributed by atoms with van der Waals surface area (Å²) in [7, 11) is 6.03. The van der Waals surface area contributed by atoms with E-state index in [2.05, 4.69) is 48.6 Å². The zero-order chi connectivity index (χ0) is 13.0. The van der Waals surface area contributed by atoms with Crippen LogP contribution < -0.4 is 10.1 Å².